The molecule has 1 aromatic rings. The number of fused-ring (bicyclic) bond motifs is 1. The molecule has 14 heteroatoms. The number of aliphatic carboxylic acids is 1. The van der Waals surface area contributed by atoms with Gasteiger partial charge in [0.05, 0.1) is 0 Å². The molecule has 196 valence electrons. The maximum absolute atomic E-state index is 13.0. The Morgan fingerprint density at radius 2 is 2.17 bits per heavy atom. The van der Waals surface area contributed by atoms with Crippen molar-refractivity contribution < 1.29 is 33.9 Å². The highest BCUT2D eigenvalue weighted by Gasteiger charge is 2.56. The number of amides is 2. The lowest BCUT2D eigenvalue weighted by atomic mass is 9.87. The van der Waals surface area contributed by atoms with Gasteiger partial charge in [0.25, 0.3) is 5.91 Å². The van der Waals surface area contributed by atoms with Crippen LogP contribution in [0.1, 0.15) is 39.3 Å². The molecule has 4 N–H and O–H groups in total. The lowest BCUT2D eigenvalue weighted by Crippen LogP contribution is -2.73. The van der Waals surface area contributed by atoms with E-state index < -0.39 is 40.2 Å². The zero-order valence-corrected chi connectivity index (χ0v) is 21.8. The van der Waals surface area contributed by atoms with E-state index in [9.17, 15) is 24.3 Å². The van der Waals surface area contributed by atoms with Crippen LogP contribution in [0.3, 0.4) is 0 Å². The molecule has 0 aliphatic carbocycles. The molecule has 2 unspecified atom stereocenters. The highest BCUT2D eigenvalue weighted by molar-refractivity contribution is 8.00. The number of thiazole rings is 1. The van der Waals surface area contributed by atoms with E-state index in [2.05, 4.69) is 22.0 Å². The first-order valence-electron chi connectivity index (χ1n) is 11.1. The van der Waals surface area contributed by atoms with Gasteiger partial charge in [0.15, 0.2) is 10.8 Å². The van der Waals surface area contributed by atoms with E-state index in [0.29, 0.717) is 6.42 Å². The predicted octanol–water partition coefficient (Wildman–Crippen LogP) is 1.22. The van der Waals surface area contributed by atoms with Crippen molar-refractivity contribution in [2.24, 2.45) is 10.6 Å². The number of β-lactam (4-membered cyclic amide) rings is 1. The van der Waals surface area contributed by atoms with Crippen molar-refractivity contribution in [3.05, 3.63) is 23.7 Å². The van der Waals surface area contributed by atoms with Gasteiger partial charge in [-0.05, 0) is 27.2 Å². The summed E-state index contributed by atoms with van der Waals surface area (Å²) in [5, 5.41) is 17.4. The Morgan fingerprint density at radius 1 is 1.44 bits per heavy atom. The SMILES string of the molecule is C=CC1(C(=O)O)CS[C@@H]2C(NC(=O)C(=NOCCCC(=O)OC(C)(C)C)c3csc(N)n3)C(=O)N2C1. The normalized spacial score (nSPS) is 23.8. The van der Waals surface area contributed by atoms with Crippen LogP contribution < -0.4 is 11.1 Å². The summed E-state index contributed by atoms with van der Waals surface area (Å²) in [7, 11) is 0. The number of oxime groups is 1. The summed E-state index contributed by atoms with van der Waals surface area (Å²) in [4.78, 5) is 60.0. The lowest BCUT2D eigenvalue weighted by Gasteiger charge is -2.53. The van der Waals surface area contributed by atoms with E-state index >= 15 is 0 Å². The Bertz CT molecular complexity index is 1080. The van der Waals surface area contributed by atoms with Gasteiger partial charge in [-0.1, -0.05) is 11.2 Å². The van der Waals surface area contributed by atoms with Gasteiger partial charge >= 0.3 is 11.9 Å². The van der Waals surface area contributed by atoms with Gasteiger partial charge in [-0.25, -0.2) is 4.98 Å². The summed E-state index contributed by atoms with van der Waals surface area (Å²) in [5.74, 6) is -2.30. The van der Waals surface area contributed by atoms with Gasteiger partial charge in [-0.2, -0.15) is 0 Å². The molecule has 2 fully saturated rings. The van der Waals surface area contributed by atoms with Crippen molar-refractivity contribution in [1.29, 1.82) is 0 Å². The average Bonchev–Trinajstić information content (AvgIpc) is 3.23. The number of esters is 1. The molecule has 0 aromatic carbocycles. The van der Waals surface area contributed by atoms with Crippen molar-refractivity contribution in [3.8, 4) is 0 Å². The van der Waals surface area contributed by atoms with E-state index in [0.717, 1.165) is 11.3 Å². The van der Waals surface area contributed by atoms with E-state index in [1.807, 2.05) is 0 Å². The third-order valence-electron chi connectivity index (χ3n) is 5.38. The van der Waals surface area contributed by atoms with Crippen molar-refractivity contribution in [2.75, 3.05) is 24.6 Å². The summed E-state index contributed by atoms with van der Waals surface area (Å²) in [6.07, 6.45) is 1.77. The van der Waals surface area contributed by atoms with Crippen molar-refractivity contribution >= 4 is 57.7 Å². The monoisotopic (exact) mass is 539 g/mol. The second kappa shape index (κ2) is 10.9. The fourth-order valence-corrected chi connectivity index (χ4v) is 5.61. The van der Waals surface area contributed by atoms with Crippen LogP contribution in [0.5, 0.6) is 0 Å². The quantitative estimate of drug-likeness (QED) is 0.0979. The second-order valence-electron chi connectivity index (χ2n) is 9.32. The fourth-order valence-electron chi connectivity index (χ4n) is 3.53. The Labute approximate surface area is 216 Å². The van der Waals surface area contributed by atoms with Crippen LogP contribution in [0, 0.1) is 5.41 Å². The number of ether oxygens (including phenoxy) is 1. The van der Waals surface area contributed by atoms with Crippen molar-refractivity contribution in [2.45, 2.75) is 50.6 Å². The van der Waals surface area contributed by atoms with Crippen molar-refractivity contribution in [3.63, 3.8) is 0 Å². The van der Waals surface area contributed by atoms with E-state index in [1.54, 1.807) is 20.8 Å². The molecule has 3 rings (SSSR count). The number of aromatic nitrogens is 1. The maximum atomic E-state index is 13.0. The Morgan fingerprint density at radius 3 is 2.75 bits per heavy atom. The Kier molecular flexibility index (Phi) is 8.29. The number of carbonyl (C=O) groups excluding carboxylic acids is 3. The highest BCUT2D eigenvalue weighted by Crippen LogP contribution is 2.42. The molecule has 0 bridgehead atoms. The van der Waals surface area contributed by atoms with Crippen molar-refractivity contribution in [1.82, 2.24) is 15.2 Å². The van der Waals surface area contributed by atoms with E-state index in [1.165, 1.54) is 28.1 Å². The molecule has 12 nitrogen and oxygen atoms in total. The predicted molar refractivity (Wildman–Crippen MR) is 134 cm³/mol. The number of carbonyl (C=O) groups is 4. The second-order valence-corrected chi connectivity index (χ2v) is 11.3. The summed E-state index contributed by atoms with van der Waals surface area (Å²) >= 11 is 2.37. The number of hydrogen-bond acceptors (Lipinski definition) is 11. The van der Waals surface area contributed by atoms with E-state index in [4.69, 9.17) is 15.3 Å². The van der Waals surface area contributed by atoms with Gasteiger partial charge in [0.1, 0.15) is 34.7 Å². The topological polar surface area (TPSA) is 174 Å². The lowest BCUT2D eigenvalue weighted by molar-refractivity contribution is -0.156. The van der Waals surface area contributed by atoms with Crippen LogP contribution in [0.25, 0.3) is 0 Å². The minimum atomic E-state index is -1.23. The third-order valence-corrected chi connectivity index (χ3v) is 7.60. The molecule has 36 heavy (non-hydrogen) atoms. The molecule has 3 heterocycles. The first kappa shape index (κ1) is 27.5. The average molecular weight is 540 g/mol. The summed E-state index contributed by atoms with van der Waals surface area (Å²) in [6, 6.07) is -0.854. The number of thioether (sulfide) groups is 1. The largest absolute Gasteiger partial charge is 0.481 e. The van der Waals surface area contributed by atoms with Gasteiger partial charge in [-0.15, -0.1) is 29.7 Å². The molecule has 2 amide bonds. The molecule has 3 atom stereocenters. The van der Waals surface area contributed by atoms with Gasteiger partial charge in [0.2, 0.25) is 5.91 Å². The molecule has 0 radical (unpaired) electrons. The molecule has 1 aromatic heterocycles. The Balaban J connectivity index is 1.62. The highest BCUT2D eigenvalue weighted by atomic mass is 32.2. The number of nitrogens with zero attached hydrogens (tertiary/aromatic N) is 3. The van der Waals surface area contributed by atoms with Crippen LogP contribution >= 0.6 is 23.1 Å². The molecule has 0 spiro atoms. The van der Waals surface area contributed by atoms with Crippen LogP contribution in [0.15, 0.2) is 23.2 Å². The molecular weight excluding hydrogens is 510 g/mol. The minimum Gasteiger partial charge on any atom is -0.481 e. The standard InChI is InChI=1S/C22H29N5O7S2/c1-5-22(19(31)32)10-27-17(30)15(18(27)36-11-22)25-16(29)14(12-9-35-20(23)24-12)26-33-8-6-7-13(28)34-21(2,3)4/h5,9,15,18H,1,6-8,10-11H2,2-4H3,(H2,23,24)(H,25,29)(H,31,32)/t15?,18-,22?/m1/s1. The van der Waals surface area contributed by atoms with Gasteiger partial charge in [0, 0.05) is 24.1 Å². The molecular formula is C22H29N5O7S2. The van der Waals surface area contributed by atoms with Crippen LogP contribution in [0.2, 0.25) is 0 Å². The van der Waals surface area contributed by atoms with Crippen LogP contribution in [-0.4, -0.2) is 80.4 Å². The first-order valence-corrected chi connectivity index (χ1v) is 13.0. The summed E-state index contributed by atoms with van der Waals surface area (Å²) in [6.45, 7) is 8.96. The number of nitrogen functional groups attached to an aromatic ring is 1. The van der Waals surface area contributed by atoms with Crippen LogP contribution in [0.4, 0.5) is 5.13 Å². The van der Waals surface area contributed by atoms with Crippen LogP contribution in [-0.2, 0) is 28.8 Å². The molecule has 2 aliphatic rings. The smallest absolute Gasteiger partial charge is 0.316 e. The zero-order valence-electron chi connectivity index (χ0n) is 20.2. The first-order chi connectivity index (χ1) is 16.9. The van der Waals surface area contributed by atoms with Gasteiger partial charge < -0.3 is 30.6 Å². The fraction of sp³-hybridized carbons (Fsp3) is 0.545. The number of rotatable bonds is 10. The van der Waals surface area contributed by atoms with Gasteiger partial charge in [-0.3, -0.25) is 19.2 Å². The molecule has 2 saturated heterocycles. The number of hydrogen-bond donors (Lipinski definition) is 3. The Hall–Kier alpha value is -3.13. The summed E-state index contributed by atoms with van der Waals surface area (Å²) in [5.41, 5.74) is 3.89. The zero-order chi connectivity index (χ0) is 26.7. The maximum Gasteiger partial charge on any atom is 0.316 e. The number of carboxylic acid groups (broad SMARTS) is 1. The summed E-state index contributed by atoms with van der Waals surface area (Å²) < 4.78 is 5.23. The number of nitrogens with one attached hydrogen (secondary N) is 1. The minimum absolute atomic E-state index is 0.0149. The number of anilines is 1. The third kappa shape index (κ3) is 6.16. The van der Waals surface area contributed by atoms with E-state index in [-0.39, 0.29) is 47.8 Å². The molecule has 0 saturated carbocycles. The number of carboxylic acids is 1. The molecule has 2 aliphatic heterocycles. The number of nitrogens with two attached hydrogens (primary N) is 1.